The van der Waals surface area contributed by atoms with Gasteiger partial charge in [0.15, 0.2) is 6.61 Å². The number of hydrogen-bond donors (Lipinski definition) is 1. The maximum atomic E-state index is 12.8. The molecular weight excluding hydrogens is 475 g/mol. The summed E-state index contributed by atoms with van der Waals surface area (Å²) in [4.78, 5) is 24.9. The van der Waals surface area contributed by atoms with Crippen molar-refractivity contribution in [2.75, 3.05) is 6.61 Å². The summed E-state index contributed by atoms with van der Waals surface area (Å²) < 4.78 is 11.0. The summed E-state index contributed by atoms with van der Waals surface area (Å²) in [5, 5.41) is 6.32. The first-order chi connectivity index (χ1) is 16.5. The Morgan fingerprint density at radius 1 is 0.912 bits per heavy atom. The maximum Gasteiger partial charge on any atom is 0.345 e. The second-order valence-corrected chi connectivity index (χ2v) is 7.95. The number of nitrogens with one attached hydrogen (secondary N) is 1. The third kappa shape index (κ3) is 5.73. The number of ether oxygens (including phenoxy) is 2. The fourth-order valence-electron chi connectivity index (χ4n) is 3.17. The van der Waals surface area contributed by atoms with E-state index in [0.29, 0.717) is 16.3 Å². The molecule has 0 atom stereocenters. The van der Waals surface area contributed by atoms with Crippen molar-refractivity contribution < 1.29 is 19.1 Å². The monoisotopic (exact) mass is 492 g/mol. The third-order valence-electron chi connectivity index (χ3n) is 4.78. The fraction of sp³-hybridized carbons (Fsp3) is 0.0385. The molecule has 0 unspecified atom stereocenters. The average Bonchev–Trinajstić information content (AvgIpc) is 2.84. The zero-order valence-corrected chi connectivity index (χ0v) is 19.2. The van der Waals surface area contributed by atoms with Crippen LogP contribution in [0.5, 0.6) is 11.5 Å². The smallest absolute Gasteiger partial charge is 0.345 e. The molecule has 4 rings (SSSR count). The number of hydrogen-bond acceptors (Lipinski definition) is 5. The zero-order valence-electron chi connectivity index (χ0n) is 17.7. The predicted octanol–water partition coefficient (Wildman–Crippen LogP) is 5.89. The number of carbonyl (C=O) groups is 2. The molecule has 1 N–H and O–H groups in total. The van der Waals surface area contributed by atoms with Crippen LogP contribution in [-0.4, -0.2) is 24.7 Å². The number of amides is 1. The van der Waals surface area contributed by atoms with E-state index < -0.39 is 11.9 Å². The van der Waals surface area contributed by atoms with Crippen LogP contribution in [-0.2, 0) is 4.79 Å². The van der Waals surface area contributed by atoms with Crippen LogP contribution in [0.1, 0.15) is 15.9 Å². The summed E-state index contributed by atoms with van der Waals surface area (Å²) in [6.45, 7) is -0.201. The van der Waals surface area contributed by atoms with Crippen LogP contribution in [0.4, 0.5) is 0 Å². The summed E-state index contributed by atoms with van der Waals surface area (Å²) >= 11 is 12.1. The molecule has 0 aliphatic carbocycles. The van der Waals surface area contributed by atoms with E-state index in [1.807, 2.05) is 48.5 Å². The standard InChI is InChI=1S/C26H18Cl2N2O4/c27-18-11-12-21(23(28)14-18)26(32)34-24-13-10-17-6-4-5-9-20(17)22(24)15-29-30-25(31)16-33-19-7-2-1-3-8-19/h1-15H,16H2,(H,30,31)/b29-15+. The van der Waals surface area contributed by atoms with Gasteiger partial charge in [-0.2, -0.15) is 5.10 Å². The highest BCUT2D eigenvalue weighted by Crippen LogP contribution is 2.29. The van der Waals surface area contributed by atoms with Crippen LogP contribution in [0.3, 0.4) is 0 Å². The second-order valence-electron chi connectivity index (χ2n) is 7.11. The van der Waals surface area contributed by atoms with Crippen LogP contribution in [0.25, 0.3) is 10.8 Å². The van der Waals surface area contributed by atoms with E-state index in [-0.39, 0.29) is 22.9 Å². The Morgan fingerprint density at radius 3 is 2.47 bits per heavy atom. The number of esters is 1. The molecule has 0 bridgehead atoms. The van der Waals surface area contributed by atoms with E-state index in [1.54, 1.807) is 24.3 Å². The summed E-state index contributed by atoms with van der Waals surface area (Å²) in [6.07, 6.45) is 1.43. The van der Waals surface area contributed by atoms with E-state index in [2.05, 4.69) is 10.5 Å². The number of hydrazone groups is 1. The molecule has 0 spiro atoms. The Balaban J connectivity index is 1.53. The molecule has 1 amide bonds. The lowest BCUT2D eigenvalue weighted by atomic mass is 10.0. The van der Waals surface area contributed by atoms with Crippen molar-refractivity contribution in [1.29, 1.82) is 0 Å². The van der Waals surface area contributed by atoms with Crippen LogP contribution < -0.4 is 14.9 Å². The van der Waals surface area contributed by atoms with E-state index in [9.17, 15) is 9.59 Å². The normalized spacial score (nSPS) is 10.9. The minimum absolute atomic E-state index is 0.175. The quantitative estimate of drug-likeness (QED) is 0.151. The molecule has 0 saturated carbocycles. The molecule has 6 nitrogen and oxygen atoms in total. The zero-order chi connectivity index (χ0) is 23.9. The first-order valence-corrected chi connectivity index (χ1v) is 11.0. The lowest BCUT2D eigenvalue weighted by Crippen LogP contribution is -2.24. The molecule has 8 heteroatoms. The van der Waals surface area contributed by atoms with E-state index in [0.717, 1.165) is 10.8 Å². The Bertz CT molecular complexity index is 1370. The van der Waals surface area contributed by atoms with Gasteiger partial charge in [-0.3, -0.25) is 4.79 Å². The van der Waals surface area contributed by atoms with Gasteiger partial charge in [-0.25, -0.2) is 10.2 Å². The number of fused-ring (bicyclic) bond motifs is 1. The molecule has 170 valence electrons. The highest BCUT2D eigenvalue weighted by molar-refractivity contribution is 6.36. The van der Waals surface area contributed by atoms with Gasteiger partial charge in [0.05, 0.1) is 16.8 Å². The number of benzene rings is 4. The Morgan fingerprint density at radius 2 is 1.68 bits per heavy atom. The van der Waals surface area contributed by atoms with Gasteiger partial charge in [0.25, 0.3) is 5.91 Å². The predicted molar refractivity (Wildman–Crippen MR) is 133 cm³/mol. The summed E-state index contributed by atoms with van der Waals surface area (Å²) in [5.74, 6) is -0.252. The Labute approximate surface area is 205 Å². The topological polar surface area (TPSA) is 77.0 Å². The number of carbonyl (C=O) groups excluding carboxylic acids is 2. The minimum atomic E-state index is -0.646. The summed E-state index contributed by atoms with van der Waals surface area (Å²) in [6, 6.07) is 24.5. The van der Waals surface area contributed by atoms with Crippen molar-refractivity contribution in [2.24, 2.45) is 5.10 Å². The van der Waals surface area contributed by atoms with Crippen molar-refractivity contribution in [1.82, 2.24) is 5.43 Å². The molecule has 34 heavy (non-hydrogen) atoms. The van der Waals surface area contributed by atoms with Gasteiger partial charge in [-0.1, -0.05) is 71.7 Å². The van der Waals surface area contributed by atoms with E-state index in [1.165, 1.54) is 18.3 Å². The van der Waals surface area contributed by atoms with Gasteiger partial charge >= 0.3 is 5.97 Å². The molecule has 4 aromatic carbocycles. The Kier molecular flexibility index (Phi) is 7.42. The van der Waals surface area contributed by atoms with Crippen molar-refractivity contribution in [2.45, 2.75) is 0 Å². The van der Waals surface area contributed by atoms with Gasteiger partial charge in [-0.05, 0) is 47.2 Å². The molecule has 0 saturated heterocycles. The van der Waals surface area contributed by atoms with Crippen molar-refractivity contribution in [3.05, 3.63) is 106 Å². The second kappa shape index (κ2) is 10.8. The van der Waals surface area contributed by atoms with Gasteiger partial charge in [-0.15, -0.1) is 0 Å². The largest absolute Gasteiger partial charge is 0.484 e. The van der Waals surface area contributed by atoms with E-state index in [4.69, 9.17) is 32.7 Å². The first-order valence-electron chi connectivity index (χ1n) is 10.2. The van der Waals surface area contributed by atoms with Crippen LogP contribution in [0.15, 0.2) is 90.0 Å². The first kappa shape index (κ1) is 23.3. The highest BCUT2D eigenvalue weighted by Gasteiger charge is 2.16. The van der Waals surface area contributed by atoms with Crippen LogP contribution in [0.2, 0.25) is 10.0 Å². The fourth-order valence-corrected chi connectivity index (χ4v) is 3.66. The van der Waals surface area contributed by atoms with Crippen LogP contribution in [0, 0.1) is 0 Å². The number of nitrogens with zero attached hydrogens (tertiary/aromatic N) is 1. The molecule has 0 heterocycles. The Hall–Kier alpha value is -3.87. The lowest BCUT2D eigenvalue weighted by molar-refractivity contribution is -0.123. The third-order valence-corrected chi connectivity index (χ3v) is 5.33. The van der Waals surface area contributed by atoms with Crippen molar-refractivity contribution >= 4 is 52.1 Å². The minimum Gasteiger partial charge on any atom is -0.484 e. The highest BCUT2D eigenvalue weighted by atomic mass is 35.5. The molecule has 0 aromatic heterocycles. The molecule has 0 aliphatic heterocycles. The van der Waals surface area contributed by atoms with Gasteiger partial charge in [0.2, 0.25) is 0 Å². The number of halogens is 2. The molecule has 0 radical (unpaired) electrons. The summed E-state index contributed by atoms with van der Waals surface area (Å²) in [7, 11) is 0. The average molecular weight is 493 g/mol. The van der Waals surface area contributed by atoms with Gasteiger partial charge in [0, 0.05) is 10.6 Å². The van der Waals surface area contributed by atoms with E-state index >= 15 is 0 Å². The molecule has 4 aromatic rings. The van der Waals surface area contributed by atoms with Gasteiger partial charge < -0.3 is 9.47 Å². The molecule has 0 aliphatic rings. The van der Waals surface area contributed by atoms with Crippen molar-refractivity contribution in [3.8, 4) is 11.5 Å². The number of rotatable bonds is 7. The summed E-state index contributed by atoms with van der Waals surface area (Å²) in [5.41, 5.74) is 3.11. The SMILES string of the molecule is O=C(COc1ccccc1)N/N=C/c1c(OC(=O)c2ccc(Cl)cc2Cl)ccc2ccccc12. The van der Waals surface area contributed by atoms with Gasteiger partial charge in [0.1, 0.15) is 11.5 Å². The number of para-hydroxylation sites is 1. The van der Waals surface area contributed by atoms with Crippen molar-refractivity contribution in [3.63, 3.8) is 0 Å². The molecular formula is C26H18Cl2N2O4. The van der Waals surface area contributed by atoms with Crippen LogP contribution >= 0.6 is 23.2 Å². The maximum absolute atomic E-state index is 12.8. The molecule has 0 fully saturated rings. The lowest BCUT2D eigenvalue weighted by Gasteiger charge is -2.11.